The van der Waals surface area contributed by atoms with E-state index in [0.29, 0.717) is 0 Å². The topological polar surface area (TPSA) is 41.3 Å². The van der Waals surface area contributed by atoms with E-state index in [1.54, 1.807) is 0 Å². The van der Waals surface area contributed by atoms with E-state index in [2.05, 4.69) is 17.1 Å². The summed E-state index contributed by atoms with van der Waals surface area (Å²) in [6.45, 7) is 6.70. The molecule has 0 aromatic rings. The van der Waals surface area contributed by atoms with Gasteiger partial charge in [-0.3, -0.25) is 0 Å². The molecule has 0 aliphatic carbocycles. The lowest BCUT2D eigenvalue weighted by molar-refractivity contribution is 0.266. The van der Waals surface area contributed by atoms with Gasteiger partial charge in [-0.1, -0.05) is 6.92 Å². The van der Waals surface area contributed by atoms with Gasteiger partial charge in [0.2, 0.25) is 0 Å². The fourth-order valence-corrected chi connectivity index (χ4v) is 2.35. The van der Waals surface area contributed by atoms with Crippen LogP contribution in [0, 0.1) is 0 Å². The molecule has 0 aromatic heterocycles. The van der Waals surface area contributed by atoms with Crippen molar-refractivity contribution >= 4 is 0 Å². The molecule has 1 aliphatic heterocycles. The van der Waals surface area contributed by atoms with Crippen molar-refractivity contribution in [3.63, 3.8) is 0 Å². The van der Waals surface area contributed by atoms with Gasteiger partial charge in [-0.25, -0.2) is 0 Å². The molecule has 1 saturated heterocycles. The lowest BCUT2D eigenvalue weighted by Crippen LogP contribution is -2.49. The second-order valence-corrected chi connectivity index (χ2v) is 4.43. The average molecular weight is 199 g/mol. The Morgan fingerprint density at radius 2 is 2.14 bits per heavy atom. The third-order valence-corrected chi connectivity index (χ3v) is 3.50. The summed E-state index contributed by atoms with van der Waals surface area (Å²) in [6.07, 6.45) is 4.95. The van der Waals surface area contributed by atoms with Crippen molar-refractivity contribution in [3.8, 4) is 0 Å². The fraction of sp³-hybridized carbons (Fsp3) is 1.00. The average Bonchev–Trinajstić information content (AvgIpc) is 2.42. The summed E-state index contributed by atoms with van der Waals surface area (Å²) in [4.78, 5) is 2.56. The third kappa shape index (κ3) is 2.94. The van der Waals surface area contributed by atoms with Crippen LogP contribution in [0.25, 0.3) is 0 Å². The highest BCUT2D eigenvalue weighted by Gasteiger charge is 2.28. The predicted molar refractivity (Wildman–Crippen MR) is 61.4 cm³/mol. The largest absolute Gasteiger partial charge is 0.329 e. The monoisotopic (exact) mass is 199 g/mol. The Morgan fingerprint density at radius 1 is 1.36 bits per heavy atom. The van der Waals surface area contributed by atoms with Crippen LogP contribution >= 0.6 is 0 Å². The number of rotatable bonds is 4. The first kappa shape index (κ1) is 12.0. The first-order chi connectivity index (χ1) is 6.76. The number of nitrogens with two attached hydrogens (primary N) is 1. The van der Waals surface area contributed by atoms with Gasteiger partial charge in [-0.15, -0.1) is 0 Å². The van der Waals surface area contributed by atoms with Crippen LogP contribution in [0.5, 0.6) is 0 Å². The van der Waals surface area contributed by atoms with E-state index in [-0.39, 0.29) is 5.54 Å². The quantitative estimate of drug-likeness (QED) is 0.703. The molecule has 1 aliphatic rings. The molecule has 0 spiro atoms. The van der Waals surface area contributed by atoms with Crippen LogP contribution < -0.4 is 11.1 Å². The minimum Gasteiger partial charge on any atom is -0.329 e. The SMILES string of the molecule is CCCN1CCCC(CN)(NC)CC1. The zero-order valence-electron chi connectivity index (χ0n) is 9.68. The summed E-state index contributed by atoms with van der Waals surface area (Å²) in [5.74, 6) is 0. The van der Waals surface area contributed by atoms with Gasteiger partial charge in [0.25, 0.3) is 0 Å². The standard InChI is InChI=1S/C11H25N3/c1-3-7-14-8-4-5-11(10-12,13-2)6-9-14/h13H,3-10,12H2,1-2H3. The van der Waals surface area contributed by atoms with Gasteiger partial charge in [0.1, 0.15) is 0 Å². The molecule has 1 heterocycles. The minimum absolute atomic E-state index is 0.211. The van der Waals surface area contributed by atoms with Crippen molar-refractivity contribution < 1.29 is 0 Å². The van der Waals surface area contributed by atoms with Gasteiger partial charge in [0.05, 0.1) is 0 Å². The van der Waals surface area contributed by atoms with Crippen molar-refractivity contribution in [1.82, 2.24) is 10.2 Å². The minimum atomic E-state index is 0.211. The molecule has 84 valence electrons. The van der Waals surface area contributed by atoms with Crippen LogP contribution in [-0.2, 0) is 0 Å². The Hall–Kier alpha value is -0.120. The first-order valence-corrected chi connectivity index (χ1v) is 5.87. The summed E-state index contributed by atoms with van der Waals surface area (Å²) in [5.41, 5.74) is 6.07. The molecule has 3 N–H and O–H groups in total. The van der Waals surface area contributed by atoms with Gasteiger partial charge in [-0.05, 0) is 52.4 Å². The number of hydrogen-bond acceptors (Lipinski definition) is 3. The van der Waals surface area contributed by atoms with Crippen LogP contribution in [0.1, 0.15) is 32.6 Å². The molecule has 3 heteroatoms. The lowest BCUT2D eigenvalue weighted by Gasteiger charge is -2.31. The Kier molecular flexibility index (Phi) is 4.85. The Bertz CT molecular complexity index is 155. The number of nitrogens with zero attached hydrogens (tertiary/aromatic N) is 1. The van der Waals surface area contributed by atoms with Gasteiger partial charge in [-0.2, -0.15) is 0 Å². The van der Waals surface area contributed by atoms with Crippen LogP contribution in [0.4, 0.5) is 0 Å². The Labute approximate surface area is 88.0 Å². The molecule has 1 rings (SSSR count). The van der Waals surface area contributed by atoms with Crippen LogP contribution in [0.3, 0.4) is 0 Å². The maximum Gasteiger partial charge on any atom is 0.0313 e. The second-order valence-electron chi connectivity index (χ2n) is 4.43. The summed E-state index contributed by atoms with van der Waals surface area (Å²) in [7, 11) is 2.04. The van der Waals surface area contributed by atoms with Gasteiger partial charge in [0.15, 0.2) is 0 Å². The van der Waals surface area contributed by atoms with Crippen molar-refractivity contribution in [3.05, 3.63) is 0 Å². The highest BCUT2D eigenvalue weighted by atomic mass is 15.1. The number of nitrogens with one attached hydrogen (secondary N) is 1. The van der Waals surface area contributed by atoms with E-state index in [1.165, 1.54) is 45.3 Å². The highest BCUT2D eigenvalue weighted by molar-refractivity contribution is 4.91. The van der Waals surface area contributed by atoms with E-state index >= 15 is 0 Å². The molecule has 0 bridgehead atoms. The van der Waals surface area contributed by atoms with Crippen molar-refractivity contribution in [2.75, 3.05) is 33.2 Å². The number of likely N-dealkylation sites (N-methyl/N-ethyl adjacent to an activating group) is 1. The van der Waals surface area contributed by atoms with E-state index in [0.717, 1.165) is 6.54 Å². The lowest BCUT2D eigenvalue weighted by atomic mass is 9.91. The fourth-order valence-electron chi connectivity index (χ4n) is 2.35. The first-order valence-electron chi connectivity index (χ1n) is 5.87. The van der Waals surface area contributed by atoms with Crippen molar-refractivity contribution in [2.24, 2.45) is 5.73 Å². The summed E-state index contributed by atoms with van der Waals surface area (Å²) < 4.78 is 0. The molecular formula is C11H25N3. The Balaban J connectivity index is 2.46. The molecular weight excluding hydrogens is 174 g/mol. The van der Waals surface area contributed by atoms with E-state index in [1.807, 2.05) is 7.05 Å². The zero-order valence-corrected chi connectivity index (χ0v) is 9.68. The van der Waals surface area contributed by atoms with Crippen LogP contribution in [0.15, 0.2) is 0 Å². The summed E-state index contributed by atoms with van der Waals surface area (Å²) in [6, 6.07) is 0. The molecule has 1 atom stereocenters. The predicted octanol–water partition coefficient (Wildman–Crippen LogP) is 0.799. The van der Waals surface area contributed by atoms with Crippen LogP contribution in [0.2, 0.25) is 0 Å². The maximum atomic E-state index is 5.86. The third-order valence-electron chi connectivity index (χ3n) is 3.50. The highest BCUT2D eigenvalue weighted by Crippen LogP contribution is 2.20. The number of hydrogen-bond donors (Lipinski definition) is 2. The molecule has 0 aromatic carbocycles. The van der Waals surface area contributed by atoms with E-state index in [9.17, 15) is 0 Å². The summed E-state index contributed by atoms with van der Waals surface area (Å²) in [5, 5.41) is 3.42. The zero-order chi connectivity index (χ0) is 10.4. The summed E-state index contributed by atoms with van der Waals surface area (Å²) >= 11 is 0. The van der Waals surface area contributed by atoms with Gasteiger partial charge in [0, 0.05) is 12.1 Å². The van der Waals surface area contributed by atoms with Crippen molar-refractivity contribution in [2.45, 2.75) is 38.1 Å². The van der Waals surface area contributed by atoms with Crippen molar-refractivity contribution in [1.29, 1.82) is 0 Å². The molecule has 14 heavy (non-hydrogen) atoms. The smallest absolute Gasteiger partial charge is 0.0313 e. The van der Waals surface area contributed by atoms with Gasteiger partial charge < -0.3 is 16.0 Å². The van der Waals surface area contributed by atoms with Crippen LogP contribution in [-0.4, -0.2) is 43.7 Å². The molecule has 1 fully saturated rings. The van der Waals surface area contributed by atoms with E-state index < -0.39 is 0 Å². The molecule has 0 saturated carbocycles. The second kappa shape index (κ2) is 5.69. The Morgan fingerprint density at radius 3 is 2.71 bits per heavy atom. The van der Waals surface area contributed by atoms with Gasteiger partial charge >= 0.3 is 0 Å². The van der Waals surface area contributed by atoms with E-state index in [4.69, 9.17) is 5.73 Å². The normalized spacial score (nSPS) is 30.2. The number of likely N-dealkylation sites (tertiary alicyclic amines) is 1. The molecule has 3 nitrogen and oxygen atoms in total. The molecule has 1 unspecified atom stereocenters. The molecule has 0 amide bonds. The maximum absolute atomic E-state index is 5.86. The molecule has 0 radical (unpaired) electrons.